The number of hydrogen-bond acceptors (Lipinski definition) is 4. The van der Waals surface area contributed by atoms with E-state index in [1.807, 2.05) is 12.1 Å². The van der Waals surface area contributed by atoms with E-state index >= 15 is 0 Å². The summed E-state index contributed by atoms with van der Waals surface area (Å²) in [6.45, 7) is 6.07. The van der Waals surface area contributed by atoms with Crippen LogP contribution in [-0.4, -0.2) is 65.3 Å². The summed E-state index contributed by atoms with van der Waals surface area (Å²) >= 11 is 0. The number of rotatable bonds is 6. The zero-order valence-electron chi connectivity index (χ0n) is 14.2. The number of piperidine rings is 1. The summed E-state index contributed by atoms with van der Waals surface area (Å²) in [4.78, 5) is 16.2. The van der Waals surface area contributed by atoms with Crippen molar-refractivity contribution in [3.63, 3.8) is 0 Å². The average molecular weight is 332 g/mol. The van der Waals surface area contributed by atoms with Crippen molar-refractivity contribution in [2.75, 3.05) is 39.3 Å². The molecule has 5 nitrogen and oxygen atoms in total. The van der Waals surface area contributed by atoms with Crippen molar-refractivity contribution >= 4 is 5.97 Å². The number of aliphatic hydroxyl groups is 1. The number of aromatic carboxylic acids is 1. The molecule has 1 aromatic rings. The Balaban J connectivity index is 1.62. The molecule has 0 spiro atoms. The highest BCUT2D eigenvalue weighted by Crippen LogP contribution is 2.27. The van der Waals surface area contributed by atoms with E-state index in [2.05, 4.69) is 9.80 Å². The Kier molecular flexibility index (Phi) is 5.87. The van der Waals surface area contributed by atoms with Crippen LogP contribution in [-0.2, 0) is 6.54 Å². The second-order valence-corrected chi connectivity index (χ2v) is 7.22. The summed E-state index contributed by atoms with van der Waals surface area (Å²) < 4.78 is 0. The molecule has 2 atom stereocenters. The molecule has 1 aromatic carbocycles. The molecule has 2 aliphatic heterocycles. The summed E-state index contributed by atoms with van der Waals surface area (Å²) in [5.41, 5.74) is 1.25. The van der Waals surface area contributed by atoms with E-state index in [-0.39, 0.29) is 6.61 Å². The van der Waals surface area contributed by atoms with Gasteiger partial charge in [0.25, 0.3) is 0 Å². The van der Waals surface area contributed by atoms with Crippen LogP contribution in [0.25, 0.3) is 0 Å². The molecule has 2 saturated heterocycles. The number of hydrogen-bond donors (Lipinski definition) is 2. The lowest BCUT2D eigenvalue weighted by molar-refractivity contribution is 0.0694. The Bertz CT molecular complexity index is 557. The van der Waals surface area contributed by atoms with Gasteiger partial charge in [-0.3, -0.25) is 4.90 Å². The predicted octanol–water partition coefficient (Wildman–Crippen LogP) is 1.91. The lowest BCUT2D eigenvalue weighted by Crippen LogP contribution is -2.37. The smallest absolute Gasteiger partial charge is 0.336 e. The average Bonchev–Trinajstić information content (AvgIpc) is 2.97. The third-order valence-corrected chi connectivity index (χ3v) is 5.47. The minimum atomic E-state index is -0.867. The van der Waals surface area contributed by atoms with Crippen molar-refractivity contribution in [3.05, 3.63) is 35.4 Å². The molecule has 0 saturated carbocycles. The second kappa shape index (κ2) is 8.10. The topological polar surface area (TPSA) is 64.0 Å². The van der Waals surface area contributed by atoms with E-state index in [9.17, 15) is 15.0 Å². The summed E-state index contributed by atoms with van der Waals surface area (Å²) in [7, 11) is 0. The lowest BCUT2D eigenvalue weighted by atomic mass is 9.95. The highest BCUT2D eigenvalue weighted by molar-refractivity contribution is 5.89. The number of nitrogens with zero attached hydrogens (tertiary/aromatic N) is 2. The Hall–Kier alpha value is -1.43. The van der Waals surface area contributed by atoms with Crippen molar-refractivity contribution in [2.24, 2.45) is 11.8 Å². The van der Waals surface area contributed by atoms with Crippen LogP contribution < -0.4 is 0 Å². The molecular weight excluding hydrogens is 304 g/mol. The highest BCUT2D eigenvalue weighted by Gasteiger charge is 2.33. The number of carbonyl (C=O) groups is 1. The van der Waals surface area contributed by atoms with Gasteiger partial charge in [0, 0.05) is 32.8 Å². The minimum absolute atomic E-state index is 0.218. The van der Waals surface area contributed by atoms with Crippen molar-refractivity contribution in [1.82, 2.24) is 9.80 Å². The fourth-order valence-corrected chi connectivity index (χ4v) is 4.16. The van der Waals surface area contributed by atoms with E-state index in [0.717, 1.165) is 25.2 Å². The van der Waals surface area contributed by atoms with Gasteiger partial charge in [-0.15, -0.1) is 0 Å². The second-order valence-electron chi connectivity index (χ2n) is 7.22. The summed E-state index contributed by atoms with van der Waals surface area (Å²) in [5, 5.41) is 19.1. The molecule has 2 fully saturated rings. The predicted molar refractivity (Wildman–Crippen MR) is 93.0 cm³/mol. The van der Waals surface area contributed by atoms with E-state index in [1.165, 1.54) is 32.4 Å². The molecule has 0 radical (unpaired) electrons. The third kappa shape index (κ3) is 4.15. The van der Waals surface area contributed by atoms with Crippen molar-refractivity contribution < 1.29 is 15.0 Å². The van der Waals surface area contributed by atoms with Crippen LogP contribution in [0.2, 0.25) is 0 Å². The fraction of sp³-hybridized carbons (Fsp3) is 0.632. The fourth-order valence-electron chi connectivity index (χ4n) is 4.16. The maximum absolute atomic E-state index is 11.4. The van der Waals surface area contributed by atoms with Crippen molar-refractivity contribution in [1.29, 1.82) is 0 Å². The molecule has 0 aliphatic carbocycles. The van der Waals surface area contributed by atoms with E-state index in [4.69, 9.17) is 0 Å². The van der Waals surface area contributed by atoms with Crippen LogP contribution in [0.4, 0.5) is 0 Å². The van der Waals surface area contributed by atoms with Gasteiger partial charge in [0.2, 0.25) is 0 Å². The first-order chi connectivity index (χ1) is 11.7. The molecule has 2 heterocycles. The number of carboxylic acid groups (broad SMARTS) is 1. The molecule has 24 heavy (non-hydrogen) atoms. The lowest BCUT2D eigenvalue weighted by Gasteiger charge is -2.30. The normalized spacial score (nSPS) is 25.9. The van der Waals surface area contributed by atoms with Gasteiger partial charge in [-0.2, -0.15) is 0 Å². The molecule has 0 amide bonds. The molecule has 132 valence electrons. The Morgan fingerprint density at radius 1 is 1.04 bits per heavy atom. The zero-order valence-corrected chi connectivity index (χ0v) is 14.2. The molecule has 2 N–H and O–H groups in total. The van der Waals surface area contributed by atoms with Gasteiger partial charge < -0.3 is 15.1 Å². The zero-order chi connectivity index (χ0) is 16.9. The third-order valence-electron chi connectivity index (χ3n) is 5.47. The highest BCUT2D eigenvalue weighted by atomic mass is 16.4. The Labute approximate surface area is 143 Å². The summed E-state index contributed by atoms with van der Waals surface area (Å²) in [5.74, 6) is -0.0950. The number of benzene rings is 1. The SMILES string of the molecule is O=C(O)c1ccccc1CN1C[C@@H](CO)[C@@H](CN2CCCCC2)C1. The Morgan fingerprint density at radius 3 is 2.46 bits per heavy atom. The van der Waals surface area contributed by atoms with Crippen LogP contribution in [0.1, 0.15) is 35.2 Å². The van der Waals surface area contributed by atoms with Crippen LogP contribution in [0.5, 0.6) is 0 Å². The van der Waals surface area contributed by atoms with E-state index in [1.54, 1.807) is 12.1 Å². The van der Waals surface area contributed by atoms with Gasteiger partial charge in [0.1, 0.15) is 0 Å². The Morgan fingerprint density at radius 2 is 1.75 bits per heavy atom. The van der Waals surface area contributed by atoms with Crippen molar-refractivity contribution in [3.8, 4) is 0 Å². The van der Waals surface area contributed by atoms with E-state index in [0.29, 0.717) is 23.9 Å². The molecule has 0 bridgehead atoms. The number of carboxylic acids is 1. The van der Waals surface area contributed by atoms with Gasteiger partial charge in [0.05, 0.1) is 5.56 Å². The maximum Gasteiger partial charge on any atom is 0.336 e. The quantitative estimate of drug-likeness (QED) is 0.833. The van der Waals surface area contributed by atoms with Crippen LogP contribution >= 0.6 is 0 Å². The molecule has 5 heteroatoms. The van der Waals surface area contributed by atoms with Gasteiger partial charge >= 0.3 is 5.97 Å². The van der Waals surface area contributed by atoms with Crippen molar-refractivity contribution in [2.45, 2.75) is 25.8 Å². The van der Waals surface area contributed by atoms with Crippen LogP contribution in [0, 0.1) is 11.8 Å². The molecular formula is C19H28N2O3. The molecule has 3 rings (SSSR count). The maximum atomic E-state index is 11.4. The van der Waals surface area contributed by atoms with Crippen LogP contribution in [0.15, 0.2) is 24.3 Å². The first-order valence-electron chi connectivity index (χ1n) is 9.04. The number of aliphatic hydroxyl groups excluding tert-OH is 1. The van der Waals surface area contributed by atoms with E-state index < -0.39 is 5.97 Å². The summed E-state index contributed by atoms with van der Waals surface area (Å²) in [6.07, 6.45) is 3.90. The first-order valence-corrected chi connectivity index (χ1v) is 9.04. The molecule has 0 aromatic heterocycles. The summed E-state index contributed by atoms with van der Waals surface area (Å²) in [6, 6.07) is 7.23. The monoisotopic (exact) mass is 332 g/mol. The van der Waals surface area contributed by atoms with Gasteiger partial charge in [-0.25, -0.2) is 4.79 Å². The van der Waals surface area contributed by atoms with Gasteiger partial charge in [-0.1, -0.05) is 24.6 Å². The largest absolute Gasteiger partial charge is 0.478 e. The molecule has 2 aliphatic rings. The first kappa shape index (κ1) is 17.4. The van der Waals surface area contributed by atoms with Gasteiger partial charge in [-0.05, 0) is 49.4 Å². The number of likely N-dealkylation sites (tertiary alicyclic amines) is 2. The van der Waals surface area contributed by atoms with Crippen LogP contribution in [0.3, 0.4) is 0 Å². The minimum Gasteiger partial charge on any atom is -0.478 e. The van der Waals surface area contributed by atoms with Gasteiger partial charge in [0.15, 0.2) is 0 Å². The molecule has 0 unspecified atom stereocenters. The standard InChI is InChI=1S/C19H28N2O3/c22-14-17-13-21(10-15-6-2-3-7-18(15)19(23)24)12-16(17)11-20-8-4-1-5-9-20/h2-3,6-7,16-17,22H,1,4-5,8-14H2,(H,23,24)/t16-,17-/m0/s1.